The molecular weight excluding hydrogens is 559 g/mol. The van der Waals surface area contributed by atoms with Gasteiger partial charge in [-0.25, -0.2) is 14.2 Å². The van der Waals surface area contributed by atoms with Gasteiger partial charge in [0.15, 0.2) is 11.5 Å². The van der Waals surface area contributed by atoms with Crippen molar-refractivity contribution in [2.24, 2.45) is 0 Å². The predicted molar refractivity (Wildman–Crippen MR) is 148 cm³/mol. The number of hydrogen-bond donors (Lipinski definition) is 1. The van der Waals surface area contributed by atoms with Crippen molar-refractivity contribution in [3.8, 4) is 11.5 Å². The lowest BCUT2D eigenvalue weighted by atomic mass is 10.1. The fraction of sp³-hybridized carbons (Fsp3) is 0.407. The Kier molecular flexibility index (Phi) is 9.84. The third-order valence-electron chi connectivity index (χ3n) is 5.84. The molecule has 9 nitrogen and oxygen atoms in total. The third-order valence-corrected chi connectivity index (χ3v) is 6.33. The average Bonchev–Trinajstić information content (AvgIpc) is 2.83. The third kappa shape index (κ3) is 7.53. The molecule has 1 aromatic heterocycles. The number of benzene rings is 2. The quantitative estimate of drug-likeness (QED) is 0.141. The highest BCUT2D eigenvalue weighted by Gasteiger charge is 2.27. The fourth-order valence-electron chi connectivity index (χ4n) is 3.99. The number of aromatic nitrogens is 1. The molecular formula is C27H32BrFN4O5. The van der Waals surface area contributed by atoms with Crippen LogP contribution in [0.25, 0.3) is 10.9 Å². The summed E-state index contributed by atoms with van der Waals surface area (Å²) >= 11 is 3.41. The first-order valence-corrected chi connectivity index (χ1v) is 13.2. The molecule has 0 atom stereocenters. The summed E-state index contributed by atoms with van der Waals surface area (Å²) in [7, 11) is 0. The van der Waals surface area contributed by atoms with Crippen LogP contribution in [0.5, 0.6) is 11.5 Å². The number of nitro groups is 1. The zero-order valence-corrected chi connectivity index (χ0v) is 23.5. The Morgan fingerprint density at radius 3 is 2.61 bits per heavy atom. The van der Waals surface area contributed by atoms with Gasteiger partial charge in [0.25, 0.3) is 0 Å². The van der Waals surface area contributed by atoms with Crippen molar-refractivity contribution < 1.29 is 23.6 Å². The Morgan fingerprint density at radius 1 is 1.16 bits per heavy atom. The van der Waals surface area contributed by atoms with Gasteiger partial charge in [-0.05, 0) is 77.3 Å². The molecule has 0 saturated heterocycles. The zero-order valence-electron chi connectivity index (χ0n) is 21.9. The molecule has 1 amide bonds. The van der Waals surface area contributed by atoms with Crippen LogP contribution in [0.1, 0.15) is 47.0 Å². The predicted octanol–water partition coefficient (Wildman–Crippen LogP) is 7.33. The number of nitrogens with zero attached hydrogens (tertiary/aromatic N) is 3. The van der Waals surface area contributed by atoms with Crippen LogP contribution in [0, 0.1) is 15.9 Å². The molecule has 11 heteroatoms. The monoisotopic (exact) mass is 590 g/mol. The van der Waals surface area contributed by atoms with E-state index < -0.39 is 22.4 Å². The van der Waals surface area contributed by atoms with Crippen molar-refractivity contribution in [1.29, 1.82) is 0 Å². The minimum Gasteiger partial charge on any atom is -0.490 e. The van der Waals surface area contributed by atoms with Gasteiger partial charge in [-0.2, -0.15) is 0 Å². The number of pyridine rings is 1. The van der Waals surface area contributed by atoms with E-state index in [0.717, 1.165) is 23.4 Å². The summed E-state index contributed by atoms with van der Waals surface area (Å²) in [5, 5.41) is 15.4. The number of anilines is 1. The van der Waals surface area contributed by atoms with Crippen LogP contribution >= 0.6 is 15.9 Å². The molecule has 0 aliphatic rings. The van der Waals surface area contributed by atoms with Crippen molar-refractivity contribution in [3.05, 3.63) is 63.0 Å². The topological polar surface area (TPSA) is 107 Å². The van der Waals surface area contributed by atoms with Crippen molar-refractivity contribution >= 4 is 44.3 Å². The van der Waals surface area contributed by atoms with Gasteiger partial charge in [0.1, 0.15) is 17.7 Å². The fourth-order valence-corrected chi connectivity index (χ4v) is 4.35. The second-order valence-electron chi connectivity index (χ2n) is 9.65. The zero-order chi connectivity index (χ0) is 27.9. The van der Waals surface area contributed by atoms with Crippen molar-refractivity contribution in [2.45, 2.75) is 52.5 Å². The average molecular weight is 591 g/mol. The van der Waals surface area contributed by atoms with E-state index in [-0.39, 0.29) is 17.2 Å². The molecule has 0 aliphatic heterocycles. The van der Waals surface area contributed by atoms with Gasteiger partial charge in [-0.1, -0.05) is 15.9 Å². The summed E-state index contributed by atoms with van der Waals surface area (Å²) in [6, 6.07) is 9.27. The molecule has 204 valence electrons. The second-order valence-corrected chi connectivity index (χ2v) is 10.6. The van der Waals surface area contributed by atoms with Crippen molar-refractivity contribution in [2.75, 3.05) is 25.0 Å². The Bertz CT molecular complexity index is 1300. The summed E-state index contributed by atoms with van der Waals surface area (Å²) in [6.45, 7) is 8.82. The van der Waals surface area contributed by atoms with E-state index in [0.29, 0.717) is 42.7 Å². The lowest BCUT2D eigenvalue weighted by molar-refractivity contribution is -0.384. The minimum absolute atomic E-state index is 0.0300. The SMILES string of the molecule is CCN(C(=O)Oc1cc(F)ccc1OCCCCCNc1c([N+](=O)[O-])cnc2ccc(Br)cc12)C(C)(C)C. The molecule has 0 fully saturated rings. The van der Waals surface area contributed by atoms with E-state index in [1.54, 1.807) is 17.0 Å². The molecule has 0 aliphatic carbocycles. The Hall–Kier alpha value is -3.47. The summed E-state index contributed by atoms with van der Waals surface area (Å²) in [6.07, 6.45) is 2.88. The molecule has 38 heavy (non-hydrogen) atoms. The van der Waals surface area contributed by atoms with Crippen molar-refractivity contribution in [3.63, 3.8) is 0 Å². The Labute approximate surface area is 229 Å². The minimum atomic E-state index is -0.578. The van der Waals surface area contributed by atoms with E-state index in [1.165, 1.54) is 18.3 Å². The lowest BCUT2D eigenvalue weighted by Crippen LogP contribution is -2.46. The molecule has 3 aromatic rings. The number of ether oxygens (including phenoxy) is 2. The maximum absolute atomic E-state index is 13.9. The van der Waals surface area contributed by atoms with Crippen LogP contribution in [0.2, 0.25) is 0 Å². The maximum Gasteiger partial charge on any atom is 0.415 e. The Morgan fingerprint density at radius 2 is 1.92 bits per heavy atom. The van der Waals surface area contributed by atoms with Gasteiger partial charge in [-0.15, -0.1) is 0 Å². The number of carbonyl (C=O) groups excluding carboxylic acids is 1. The molecule has 1 heterocycles. The van der Waals surface area contributed by atoms with Gasteiger partial charge in [0.05, 0.1) is 17.0 Å². The van der Waals surface area contributed by atoms with Gasteiger partial charge in [0, 0.05) is 34.6 Å². The first kappa shape index (κ1) is 29.1. The number of fused-ring (bicyclic) bond motifs is 1. The molecule has 0 unspecified atom stereocenters. The number of rotatable bonds is 11. The van der Waals surface area contributed by atoms with Gasteiger partial charge in [0.2, 0.25) is 0 Å². The molecule has 0 spiro atoms. The smallest absolute Gasteiger partial charge is 0.415 e. The molecule has 0 bridgehead atoms. The van der Waals surface area contributed by atoms with Gasteiger partial charge >= 0.3 is 11.8 Å². The molecule has 3 rings (SSSR count). The van der Waals surface area contributed by atoms with E-state index in [9.17, 15) is 19.3 Å². The highest BCUT2D eigenvalue weighted by Crippen LogP contribution is 2.33. The van der Waals surface area contributed by atoms with Crippen LogP contribution in [0.4, 0.5) is 20.6 Å². The molecule has 2 aromatic carbocycles. The van der Waals surface area contributed by atoms with E-state index in [2.05, 4.69) is 26.2 Å². The summed E-state index contributed by atoms with van der Waals surface area (Å²) in [5.74, 6) is -0.218. The number of halogens is 2. The molecule has 0 radical (unpaired) electrons. The summed E-state index contributed by atoms with van der Waals surface area (Å²) in [5.41, 5.74) is 0.570. The van der Waals surface area contributed by atoms with Crippen LogP contribution in [0.3, 0.4) is 0 Å². The first-order valence-electron chi connectivity index (χ1n) is 12.4. The number of hydrogen-bond acceptors (Lipinski definition) is 7. The molecule has 0 saturated carbocycles. The highest BCUT2D eigenvalue weighted by atomic mass is 79.9. The number of unbranched alkanes of at least 4 members (excludes halogenated alkanes) is 2. The van der Waals surface area contributed by atoms with Crippen LogP contribution in [-0.2, 0) is 0 Å². The number of nitrogens with one attached hydrogen (secondary N) is 1. The normalized spacial score (nSPS) is 11.3. The summed E-state index contributed by atoms with van der Waals surface area (Å²) < 4.78 is 25.9. The standard InChI is InChI=1S/C27H32BrFN4O5/c1-5-32(27(2,3)4)26(34)38-24-16-19(29)10-12-23(24)37-14-8-6-7-13-30-25-20-15-18(28)9-11-21(20)31-17-22(25)33(35)36/h9-12,15-17H,5-8,13-14H2,1-4H3,(H,30,31). The number of amides is 1. The highest BCUT2D eigenvalue weighted by molar-refractivity contribution is 9.10. The van der Waals surface area contributed by atoms with E-state index >= 15 is 0 Å². The number of carbonyl (C=O) groups is 1. The van der Waals surface area contributed by atoms with Crippen LogP contribution < -0.4 is 14.8 Å². The van der Waals surface area contributed by atoms with E-state index in [4.69, 9.17) is 9.47 Å². The van der Waals surface area contributed by atoms with E-state index in [1.807, 2.05) is 33.8 Å². The summed E-state index contributed by atoms with van der Waals surface area (Å²) in [4.78, 5) is 29.5. The Balaban J connectivity index is 1.54. The maximum atomic E-state index is 13.9. The van der Waals surface area contributed by atoms with Crippen molar-refractivity contribution in [1.82, 2.24) is 9.88 Å². The van der Waals surface area contributed by atoms with Gasteiger partial charge < -0.3 is 19.7 Å². The largest absolute Gasteiger partial charge is 0.490 e. The van der Waals surface area contributed by atoms with Crippen LogP contribution in [0.15, 0.2) is 47.1 Å². The van der Waals surface area contributed by atoms with Gasteiger partial charge in [-0.3, -0.25) is 10.1 Å². The lowest BCUT2D eigenvalue weighted by Gasteiger charge is -2.33. The second kappa shape index (κ2) is 12.9. The first-order chi connectivity index (χ1) is 18.0. The molecule has 1 N–H and O–H groups in total. The van der Waals surface area contributed by atoms with Crippen LogP contribution in [-0.4, -0.2) is 46.1 Å².